The maximum Gasteiger partial charge on any atom is 0.305 e. The van der Waals surface area contributed by atoms with Gasteiger partial charge in [0, 0.05) is 12.1 Å². The molecule has 0 spiro atoms. The van der Waals surface area contributed by atoms with Crippen LogP contribution in [0.1, 0.15) is 33.6 Å². The van der Waals surface area contributed by atoms with E-state index in [9.17, 15) is 9.59 Å². The maximum absolute atomic E-state index is 12.1. The van der Waals surface area contributed by atoms with Gasteiger partial charge in [0.05, 0.1) is 25.6 Å². The van der Waals surface area contributed by atoms with E-state index in [0.717, 1.165) is 0 Å². The van der Waals surface area contributed by atoms with Crippen molar-refractivity contribution >= 4 is 11.9 Å². The zero-order valence-corrected chi connectivity index (χ0v) is 11.8. The number of nitrogens with two attached hydrogens (primary N) is 1. The molecule has 3 unspecified atom stereocenters. The van der Waals surface area contributed by atoms with Crippen molar-refractivity contribution in [3.63, 3.8) is 0 Å². The predicted molar refractivity (Wildman–Crippen MR) is 70.5 cm³/mol. The van der Waals surface area contributed by atoms with Crippen molar-refractivity contribution in [1.29, 1.82) is 0 Å². The number of carboxylic acids is 1. The van der Waals surface area contributed by atoms with Crippen LogP contribution in [0, 0.1) is 11.3 Å². The number of rotatable bonds is 5. The summed E-state index contributed by atoms with van der Waals surface area (Å²) in [5.41, 5.74) is 5.73. The summed E-state index contributed by atoms with van der Waals surface area (Å²) < 4.78 is 5.15. The number of carboxylic acid groups (broad SMARTS) is 1. The first kappa shape index (κ1) is 15.9. The van der Waals surface area contributed by atoms with Crippen LogP contribution in [0.2, 0.25) is 0 Å². The van der Waals surface area contributed by atoms with Crippen LogP contribution >= 0.6 is 0 Å². The minimum atomic E-state index is -0.915. The second-order valence-electron chi connectivity index (χ2n) is 6.38. The fourth-order valence-corrected chi connectivity index (χ4v) is 2.27. The molecule has 4 N–H and O–H groups in total. The van der Waals surface area contributed by atoms with E-state index in [4.69, 9.17) is 15.6 Å². The molecule has 1 heterocycles. The largest absolute Gasteiger partial charge is 0.481 e. The fraction of sp³-hybridized carbons (Fsp3) is 0.846. The zero-order valence-electron chi connectivity index (χ0n) is 11.8. The van der Waals surface area contributed by atoms with Gasteiger partial charge in [-0.25, -0.2) is 0 Å². The number of hydrogen-bond donors (Lipinski definition) is 3. The SMILES string of the molecule is CC(C)(C)CC(CC(=O)O)NC(=O)C1COCC1N. The van der Waals surface area contributed by atoms with Crippen molar-refractivity contribution in [2.45, 2.75) is 45.7 Å². The summed E-state index contributed by atoms with van der Waals surface area (Å²) in [7, 11) is 0. The van der Waals surface area contributed by atoms with Gasteiger partial charge in [0.2, 0.25) is 5.91 Å². The molecule has 6 nitrogen and oxygen atoms in total. The molecule has 3 atom stereocenters. The molecule has 6 heteroatoms. The molecule has 0 aliphatic carbocycles. The van der Waals surface area contributed by atoms with E-state index in [0.29, 0.717) is 19.6 Å². The highest BCUT2D eigenvalue weighted by Gasteiger charge is 2.33. The molecule has 0 aromatic carbocycles. The smallest absolute Gasteiger partial charge is 0.305 e. The molecule has 0 saturated carbocycles. The number of amides is 1. The topological polar surface area (TPSA) is 102 Å². The number of aliphatic carboxylic acids is 1. The van der Waals surface area contributed by atoms with Gasteiger partial charge in [-0.15, -0.1) is 0 Å². The van der Waals surface area contributed by atoms with Crippen molar-refractivity contribution in [2.75, 3.05) is 13.2 Å². The van der Waals surface area contributed by atoms with E-state index < -0.39 is 5.97 Å². The number of carbonyl (C=O) groups excluding carboxylic acids is 1. The lowest BCUT2D eigenvalue weighted by Gasteiger charge is -2.27. The predicted octanol–water partition coefficient (Wildman–Crippen LogP) is 0.356. The Labute approximate surface area is 113 Å². The first-order valence-corrected chi connectivity index (χ1v) is 6.54. The highest BCUT2D eigenvalue weighted by Crippen LogP contribution is 2.23. The fourth-order valence-electron chi connectivity index (χ4n) is 2.27. The summed E-state index contributed by atoms with van der Waals surface area (Å²) >= 11 is 0. The number of carbonyl (C=O) groups is 2. The first-order chi connectivity index (χ1) is 8.69. The number of ether oxygens (including phenoxy) is 1. The third-order valence-corrected chi connectivity index (χ3v) is 3.09. The molecule has 1 saturated heterocycles. The molecule has 1 fully saturated rings. The molecule has 1 aliphatic heterocycles. The molecule has 0 bridgehead atoms. The summed E-state index contributed by atoms with van der Waals surface area (Å²) in [5, 5.41) is 11.7. The Bertz CT molecular complexity index is 338. The lowest BCUT2D eigenvalue weighted by molar-refractivity contribution is -0.138. The standard InChI is InChI=1S/C13H24N2O4/c1-13(2,3)5-8(4-11(16)17)15-12(18)9-6-19-7-10(9)14/h8-10H,4-7,14H2,1-3H3,(H,15,18)(H,16,17). The van der Waals surface area contributed by atoms with Gasteiger partial charge in [-0.3, -0.25) is 9.59 Å². The molecule has 0 radical (unpaired) electrons. The Hall–Kier alpha value is -1.14. The van der Waals surface area contributed by atoms with Crippen molar-refractivity contribution in [2.24, 2.45) is 17.1 Å². The quantitative estimate of drug-likeness (QED) is 0.670. The Kier molecular flexibility index (Phi) is 5.31. The van der Waals surface area contributed by atoms with Crippen molar-refractivity contribution < 1.29 is 19.4 Å². The van der Waals surface area contributed by atoms with Gasteiger partial charge in [0.15, 0.2) is 0 Å². The van der Waals surface area contributed by atoms with Gasteiger partial charge in [0.25, 0.3) is 0 Å². The van der Waals surface area contributed by atoms with E-state index in [1.54, 1.807) is 0 Å². The molecule has 0 aromatic heterocycles. The Morgan fingerprint density at radius 1 is 1.42 bits per heavy atom. The van der Waals surface area contributed by atoms with Gasteiger partial charge < -0.3 is 20.9 Å². The van der Waals surface area contributed by atoms with Crippen LogP contribution in [0.15, 0.2) is 0 Å². The molecule has 1 aliphatic rings. The highest BCUT2D eigenvalue weighted by atomic mass is 16.5. The summed E-state index contributed by atoms with van der Waals surface area (Å²) in [4.78, 5) is 22.9. The molecule has 110 valence electrons. The van der Waals surface area contributed by atoms with E-state index >= 15 is 0 Å². The van der Waals surface area contributed by atoms with Crippen LogP contribution in [0.3, 0.4) is 0 Å². The lowest BCUT2D eigenvalue weighted by atomic mass is 9.86. The van der Waals surface area contributed by atoms with Gasteiger partial charge in [-0.1, -0.05) is 20.8 Å². The van der Waals surface area contributed by atoms with Crippen molar-refractivity contribution in [1.82, 2.24) is 5.32 Å². The van der Waals surface area contributed by atoms with E-state index in [-0.39, 0.29) is 35.7 Å². The highest BCUT2D eigenvalue weighted by molar-refractivity contribution is 5.81. The van der Waals surface area contributed by atoms with Crippen LogP contribution in [0.5, 0.6) is 0 Å². The Morgan fingerprint density at radius 3 is 2.47 bits per heavy atom. The summed E-state index contributed by atoms with van der Waals surface area (Å²) in [6, 6.07) is -0.682. The van der Waals surface area contributed by atoms with Gasteiger partial charge in [-0.05, 0) is 11.8 Å². The zero-order chi connectivity index (χ0) is 14.6. The number of hydrogen-bond acceptors (Lipinski definition) is 4. The molecule has 1 amide bonds. The molecule has 1 rings (SSSR count). The van der Waals surface area contributed by atoms with Crippen LogP contribution in [-0.2, 0) is 14.3 Å². The average molecular weight is 272 g/mol. The molecular formula is C13H24N2O4. The van der Waals surface area contributed by atoms with Crippen molar-refractivity contribution in [3.8, 4) is 0 Å². The Balaban J connectivity index is 2.60. The van der Waals surface area contributed by atoms with Gasteiger partial charge in [0.1, 0.15) is 0 Å². The Morgan fingerprint density at radius 2 is 2.05 bits per heavy atom. The second-order valence-corrected chi connectivity index (χ2v) is 6.38. The first-order valence-electron chi connectivity index (χ1n) is 6.54. The third kappa shape index (κ3) is 5.57. The van der Waals surface area contributed by atoms with Crippen LogP contribution in [0.25, 0.3) is 0 Å². The van der Waals surface area contributed by atoms with Crippen LogP contribution in [0.4, 0.5) is 0 Å². The summed E-state index contributed by atoms with van der Waals surface area (Å²) in [5.74, 6) is -1.50. The van der Waals surface area contributed by atoms with E-state index in [1.165, 1.54) is 0 Å². The average Bonchev–Trinajstić information content (AvgIpc) is 2.60. The van der Waals surface area contributed by atoms with E-state index in [1.807, 2.05) is 20.8 Å². The molecule has 19 heavy (non-hydrogen) atoms. The second kappa shape index (κ2) is 6.34. The molecule has 0 aromatic rings. The van der Waals surface area contributed by atoms with E-state index in [2.05, 4.69) is 5.32 Å². The van der Waals surface area contributed by atoms with Gasteiger partial charge >= 0.3 is 5.97 Å². The monoisotopic (exact) mass is 272 g/mol. The molecular weight excluding hydrogens is 248 g/mol. The maximum atomic E-state index is 12.1. The van der Waals surface area contributed by atoms with Gasteiger partial charge in [-0.2, -0.15) is 0 Å². The minimum Gasteiger partial charge on any atom is -0.481 e. The summed E-state index contributed by atoms with van der Waals surface area (Å²) in [6.45, 7) is 6.72. The summed E-state index contributed by atoms with van der Waals surface area (Å²) in [6.07, 6.45) is 0.527. The van der Waals surface area contributed by atoms with Crippen LogP contribution in [-0.4, -0.2) is 42.3 Å². The lowest BCUT2D eigenvalue weighted by Crippen LogP contribution is -2.46. The third-order valence-electron chi connectivity index (χ3n) is 3.09. The minimum absolute atomic E-state index is 0.0539. The number of nitrogens with one attached hydrogen (secondary N) is 1. The van der Waals surface area contributed by atoms with Crippen molar-refractivity contribution in [3.05, 3.63) is 0 Å². The normalized spacial score (nSPS) is 25.1. The van der Waals surface area contributed by atoms with Crippen LogP contribution < -0.4 is 11.1 Å².